The fraction of sp³-hybridized carbons (Fsp3) is 0.917. The first-order chi connectivity index (χ1) is 7.48. The third-order valence-corrected chi connectivity index (χ3v) is 3.36. The van der Waals surface area contributed by atoms with Crippen LogP contribution in [0.1, 0.15) is 45.4 Å². The molecule has 1 aliphatic carbocycles. The van der Waals surface area contributed by atoms with Crippen LogP contribution in [0.5, 0.6) is 0 Å². The molecule has 0 saturated heterocycles. The first-order valence-electron chi connectivity index (χ1n) is 6.21. The smallest absolute Gasteiger partial charge is 0.239 e. The van der Waals surface area contributed by atoms with Crippen molar-refractivity contribution in [1.29, 1.82) is 0 Å². The maximum absolute atomic E-state index is 11.9. The number of aliphatic hydroxyl groups is 1. The second-order valence-corrected chi connectivity index (χ2v) is 5.02. The van der Waals surface area contributed by atoms with Gasteiger partial charge < -0.3 is 15.7 Å². The molecule has 4 heteroatoms. The van der Waals surface area contributed by atoms with E-state index in [9.17, 15) is 9.90 Å². The molecule has 1 saturated carbocycles. The maximum Gasteiger partial charge on any atom is 0.239 e. The lowest BCUT2D eigenvalue weighted by atomic mass is 10.0. The maximum atomic E-state index is 11.9. The number of nitrogens with zero attached hydrogens (tertiary/aromatic N) is 1. The van der Waals surface area contributed by atoms with Gasteiger partial charge >= 0.3 is 0 Å². The Labute approximate surface area is 97.8 Å². The third-order valence-electron chi connectivity index (χ3n) is 3.36. The van der Waals surface area contributed by atoms with Crippen LogP contribution in [0.4, 0.5) is 0 Å². The molecule has 1 unspecified atom stereocenters. The van der Waals surface area contributed by atoms with Gasteiger partial charge in [0, 0.05) is 13.6 Å². The van der Waals surface area contributed by atoms with Gasteiger partial charge in [0.25, 0.3) is 0 Å². The van der Waals surface area contributed by atoms with Crippen molar-refractivity contribution in [2.45, 2.75) is 57.1 Å². The Morgan fingerprint density at radius 1 is 1.50 bits per heavy atom. The number of likely N-dealkylation sites (N-methyl/N-ethyl adjacent to an activating group) is 1. The second kappa shape index (κ2) is 5.64. The molecule has 0 radical (unpaired) electrons. The lowest BCUT2D eigenvalue weighted by molar-refractivity contribution is -0.134. The van der Waals surface area contributed by atoms with Crippen LogP contribution in [-0.2, 0) is 4.79 Å². The molecule has 4 nitrogen and oxygen atoms in total. The molecule has 0 aromatic heterocycles. The van der Waals surface area contributed by atoms with E-state index in [1.807, 2.05) is 6.92 Å². The summed E-state index contributed by atoms with van der Waals surface area (Å²) in [5.74, 6) is -0.0535. The van der Waals surface area contributed by atoms with Gasteiger partial charge in [-0.1, -0.05) is 26.2 Å². The highest BCUT2D eigenvalue weighted by Gasteiger charge is 2.34. The highest BCUT2D eigenvalue weighted by atomic mass is 16.3. The van der Waals surface area contributed by atoms with Crippen molar-refractivity contribution in [2.75, 3.05) is 13.6 Å². The first-order valence-corrected chi connectivity index (χ1v) is 6.21. The van der Waals surface area contributed by atoms with Crippen molar-refractivity contribution in [3.63, 3.8) is 0 Å². The Kier molecular flexibility index (Phi) is 4.74. The topological polar surface area (TPSA) is 66.6 Å². The summed E-state index contributed by atoms with van der Waals surface area (Å²) in [6.07, 6.45) is 5.33. The standard InChI is InChI=1S/C12H24N2O2/c1-3-6-10(13)11(15)14(2)9-12(16)7-4-5-8-12/h10,16H,3-9,13H2,1-2H3. The molecule has 1 amide bonds. The summed E-state index contributed by atoms with van der Waals surface area (Å²) in [5, 5.41) is 10.2. The van der Waals surface area contributed by atoms with E-state index in [0.717, 1.165) is 32.1 Å². The van der Waals surface area contributed by atoms with Crippen molar-refractivity contribution in [1.82, 2.24) is 4.90 Å². The van der Waals surface area contributed by atoms with Gasteiger partial charge in [-0.3, -0.25) is 4.79 Å². The number of nitrogens with two attached hydrogens (primary N) is 1. The number of carbonyl (C=O) groups is 1. The van der Waals surface area contributed by atoms with Crippen LogP contribution in [0, 0.1) is 0 Å². The van der Waals surface area contributed by atoms with Crippen LogP contribution in [0.2, 0.25) is 0 Å². The molecule has 16 heavy (non-hydrogen) atoms. The monoisotopic (exact) mass is 228 g/mol. The summed E-state index contributed by atoms with van der Waals surface area (Å²) in [5.41, 5.74) is 5.10. The number of amides is 1. The average molecular weight is 228 g/mol. The third kappa shape index (κ3) is 3.46. The van der Waals surface area contributed by atoms with Crippen LogP contribution in [0.25, 0.3) is 0 Å². The minimum absolute atomic E-state index is 0.0535. The van der Waals surface area contributed by atoms with Gasteiger partial charge in [0.1, 0.15) is 0 Å². The Bertz CT molecular complexity index is 237. The van der Waals surface area contributed by atoms with E-state index in [0.29, 0.717) is 13.0 Å². The van der Waals surface area contributed by atoms with Gasteiger partial charge in [0.2, 0.25) is 5.91 Å². The van der Waals surface area contributed by atoms with E-state index in [1.54, 1.807) is 11.9 Å². The molecule has 0 aromatic carbocycles. The molecule has 0 spiro atoms. The van der Waals surface area contributed by atoms with Crippen molar-refractivity contribution in [3.8, 4) is 0 Å². The van der Waals surface area contributed by atoms with Crippen LogP contribution in [0.15, 0.2) is 0 Å². The lowest BCUT2D eigenvalue weighted by Crippen LogP contribution is -2.48. The van der Waals surface area contributed by atoms with E-state index in [1.165, 1.54) is 0 Å². The molecule has 94 valence electrons. The molecular formula is C12H24N2O2. The van der Waals surface area contributed by atoms with Gasteiger partial charge in [-0.25, -0.2) is 0 Å². The summed E-state index contributed by atoms with van der Waals surface area (Å²) in [6.45, 7) is 2.43. The van der Waals surface area contributed by atoms with E-state index < -0.39 is 11.6 Å². The summed E-state index contributed by atoms with van der Waals surface area (Å²) >= 11 is 0. The summed E-state index contributed by atoms with van der Waals surface area (Å²) in [7, 11) is 1.73. The number of hydrogen-bond donors (Lipinski definition) is 2. The van der Waals surface area contributed by atoms with E-state index in [-0.39, 0.29) is 5.91 Å². The quantitative estimate of drug-likeness (QED) is 0.734. The Morgan fingerprint density at radius 3 is 2.56 bits per heavy atom. The minimum Gasteiger partial charge on any atom is -0.388 e. The van der Waals surface area contributed by atoms with Gasteiger partial charge in [0.05, 0.1) is 11.6 Å². The fourth-order valence-electron chi connectivity index (χ4n) is 2.43. The van der Waals surface area contributed by atoms with Gasteiger partial charge in [-0.15, -0.1) is 0 Å². The van der Waals surface area contributed by atoms with Crippen molar-refractivity contribution in [2.24, 2.45) is 5.73 Å². The summed E-state index contributed by atoms with van der Waals surface area (Å²) in [4.78, 5) is 13.4. The molecular weight excluding hydrogens is 204 g/mol. The lowest BCUT2D eigenvalue weighted by Gasteiger charge is -2.30. The van der Waals surface area contributed by atoms with Gasteiger partial charge in [-0.2, -0.15) is 0 Å². The summed E-state index contributed by atoms with van der Waals surface area (Å²) in [6, 6.07) is -0.417. The average Bonchev–Trinajstić information content (AvgIpc) is 2.64. The van der Waals surface area contributed by atoms with Crippen LogP contribution in [0.3, 0.4) is 0 Å². The van der Waals surface area contributed by atoms with E-state index in [2.05, 4.69) is 0 Å². The summed E-state index contributed by atoms with van der Waals surface area (Å²) < 4.78 is 0. The number of hydrogen-bond acceptors (Lipinski definition) is 3. The molecule has 0 heterocycles. The van der Waals surface area contributed by atoms with Gasteiger partial charge in [-0.05, 0) is 19.3 Å². The molecule has 1 rings (SSSR count). The molecule has 1 atom stereocenters. The SMILES string of the molecule is CCCC(N)C(=O)N(C)CC1(O)CCCC1. The molecule has 1 fully saturated rings. The number of rotatable bonds is 5. The predicted molar refractivity (Wildman–Crippen MR) is 63.9 cm³/mol. The normalized spacial score (nSPS) is 20.8. The molecule has 0 bridgehead atoms. The second-order valence-electron chi connectivity index (χ2n) is 5.02. The minimum atomic E-state index is -0.670. The van der Waals surface area contributed by atoms with Crippen molar-refractivity contribution >= 4 is 5.91 Å². The molecule has 0 aliphatic heterocycles. The molecule has 1 aliphatic rings. The Hall–Kier alpha value is -0.610. The predicted octanol–water partition coefficient (Wildman–Crippen LogP) is 0.877. The van der Waals surface area contributed by atoms with Crippen molar-refractivity contribution < 1.29 is 9.90 Å². The fourth-order valence-corrected chi connectivity index (χ4v) is 2.43. The molecule has 0 aromatic rings. The van der Waals surface area contributed by atoms with Crippen LogP contribution < -0.4 is 5.73 Å². The first kappa shape index (κ1) is 13.5. The highest BCUT2D eigenvalue weighted by Crippen LogP contribution is 2.29. The number of carbonyl (C=O) groups excluding carboxylic acids is 1. The Balaban J connectivity index is 2.44. The molecule has 3 N–H and O–H groups in total. The zero-order valence-corrected chi connectivity index (χ0v) is 10.4. The Morgan fingerprint density at radius 2 is 2.06 bits per heavy atom. The van der Waals surface area contributed by atoms with Crippen molar-refractivity contribution in [3.05, 3.63) is 0 Å². The largest absolute Gasteiger partial charge is 0.388 e. The van der Waals surface area contributed by atoms with Gasteiger partial charge in [0.15, 0.2) is 0 Å². The zero-order valence-electron chi connectivity index (χ0n) is 10.4. The van der Waals surface area contributed by atoms with E-state index in [4.69, 9.17) is 5.73 Å². The highest BCUT2D eigenvalue weighted by molar-refractivity contribution is 5.81. The van der Waals surface area contributed by atoms with Crippen LogP contribution in [-0.4, -0.2) is 41.1 Å². The van der Waals surface area contributed by atoms with E-state index >= 15 is 0 Å². The zero-order chi connectivity index (χ0) is 12.2. The van der Waals surface area contributed by atoms with Crippen LogP contribution >= 0.6 is 0 Å².